The second-order valence-corrected chi connectivity index (χ2v) is 9.69. The van der Waals surface area contributed by atoms with E-state index in [0.29, 0.717) is 11.4 Å². The summed E-state index contributed by atoms with van der Waals surface area (Å²) in [6.45, 7) is 0. The van der Waals surface area contributed by atoms with Gasteiger partial charge < -0.3 is 9.80 Å². The van der Waals surface area contributed by atoms with Crippen molar-refractivity contribution in [3.63, 3.8) is 0 Å². The van der Waals surface area contributed by atoms with E-state index < -0.39 is 0 Å². The predicted octanol–water partition coefficient (Wildman–Crippen LogP) is 8.27. The van der Waals surface area contributed by atoms with E-state index in [2.05, 4.69) is 111 Å². The minimum absolute atomic E-state index is 0.0474. The molecule has 1 aliphatic heterocycles. The lowest BCUT2D eigenvalue weighted by molar-refractivity contribution is 1.15. The van der Waals surface area contributed by atoms with Crippen molar-refractivity contribution in [1.82, 2.24) is 9.97 Å². The van der Waals surface area contributed by atoms with Crippen LogP contribution in [0.25, 0.3) is 33.3 Å². The third-order valence-corrected chi connectivity index (χ3v) is 7.62. The largest absolute Gasteiger partial charge is 0.306 e. The zero-order chi connectivity index (χ0) is 26.8. The van der Waals surface area contributed by atoms with Crippen molar-refractivity contribution in [2.24, 2.45) is 0 Å². The second-order valence-electron chi connectivity index (χ2n) is 9.69. The van der Waals surface area contributed by atoms with Gasteiger partial charge in [0.2, 0.25) is 0 Å². The summed E-state index contributed by atoms with van der Waals surface area (Å²) in [5, 5.41) is 21.2. The topological polar surface area (TPSA) is 79.8 Å². The Bertz CT molecular complexity index is 2010. The number of para-hydroxylation sites is 5. The monoisotopic (exact) mass is 510 g/mol. The first-order chi connectivity index (χ1) is 19.8. The molecule has 6 heteroatoms. The number of benzene rings is 5. The van der Waals surface area contributed by atoms with Crippen LogP contribution < -0.4 is 9.80 Å². The van der Waals surface area contributed by atoms with Gasteiger partial charge in [-0.05, 0) is 48.5 Å². The van der Waals surface area contributed by atoms with E-state index in [1.54, 1.807) is 0 Å². The smallest absolute Gasteiger partial charge is 0.177 e. The van der Waals surface area contributed by atoms with E-state index in [-0.39, 0.29) is 11.4 Å². The molecule has 0 bridgehead atoms. The van der Waals surface area contributed by atoms with Gasteiger partial charge in [-0.2, -0.15) is 10.5 Å². The van der Waals surface area contributed by atoms with Crippen LogP contribution in [-0.4, -0.2) is 9.97 Å². The van der Waals surface area contributed by atoms with Gasteiger partial charge in [-0.1, -0.05) is 60.7 Å². The van der Waals surface area contributed by atoms with E-state index >= 15 is 0 Å². The Balaban J connectivity index is 1.40. The lowest BCUT2D eigenvalue weighted by atomic mass is 9.99. The zero-order valence-corrected chi connectivity index (χ0v) is 21.1. The number of nitrogens with zero attached hydrogens (tertiary/aromatic N) is 6. The number of fused-ring (bicyclic) bond motifs is 5. The number of hydrogen-bond donors (Lipinski definition) is 0. The molecular weight excluding hydrogens is 492 g/mol. The molecule has 0 spiro atoms. The summed E-state index contributed by atoms with van der Waals surface area (Å²) in [5.74, 6) is 0. The molecule has 0 fully saturated rings. The van der Waals surface area contributed by atoms with Crippen LogP contribution >= 0.6 is 0 Å². The Hall–Kier alpha value is -5.98. The molecule has 1 aromatic heterocycles. The lowest BCUT2D eigenvalue weighted by Crippen LogP contribution is -2.24. The van der Waals surface area contributed by atoms with Gasteiger partial charge in [0.1, 0.15) is 12.1 Å². The molecule has 0 radical (unpaired) electrons. The maximum atomic E-state index is 9.58. The number of aromatic nitrogens is 2. The average Bonchev–Trinajstić information content (AvgIpc) is 3.33. The van der Waals surface area contributed by atoms with Gasteiger partial charge >= 0.3 is 0 Å². The molecule has 5 aromatic carbocycles. The van der Waals surface area contributed by atoms with Crippen LogP contribution in [0.1, 0.15) is 11.4 Å². The van der Waals surface area contributed by atoms with Crippen molar-refractivity contribution >= 4 is 44.9 Å². The first-order valence-electron chi connectivity index (χ1n) is 12.9. The summed E-state index contributed by atoms with van der Waals surface area (Å²) in [6.07, 6.45) is 0. The minimum Gasteiger partial charge on any atom is -0.306 e. The Kier molecular flexibility index (Phi) is 4.55. The van der Waals surface area contributed by atoms with E-state index in [0.717, 1.165) is 56.0 Å². The quantitative estimate of drug-likeness (QED) is 0.233. The number of nitriles is 2. The van der Waals surface area contributed by atoms with Gasteiger partial charge in [0, 0.05) is 27.6 Å². The summed E-state index contributed by atoms with van der Waals surface area (Å²) < 4.78 is 0. The molecule has 2 aliphatic rings. The summed E-state index contributed by atoms with van der Waals surface area (Å²) in [7, 11) is 0. The Morgan fingerprint density at radius 1 is 0.475 bits per heavy atom. The molecule has 1 aliphatic carbocycles. The highest BCUT2D eigenvalue weighted by molar-refractivity contribution is 6.18. The first-order valence-corrected chi connectivity index (χ1v) is 12.9. The van der Waals surface area contributed by atoms with Crippen LogP contribution in [0.2, 0.25) is 0 Å². The SMILES string of the molecule is N#Cc1nc2c(nc1C#N)-c1ccc(N3c4ccccc4N(c4ccccc4)c4ccccc43)c3cccc-2c13. The molecule has 0 atom stereocenters. The van der Waals surface area contributed by atoms with Crippen molar-refractivity contribution in [2.75, 3.05) is 9.80 Å². The molecule has 8 rings (SSSR count). The van der Waals surface area contributed by atoms with Gasteiger partial charge in [0.25, 0.3) is 0 Å². The van der Waals surface area contributed by atoms with Crippen molar-refractivity contribution in [2.45, 2.75) is 0 Å². The number of anilines is 6. The van der Waals surface area contributed by atoms with Crippen LogP contribution in [0.4, 0.5) is 34.1 Å². The molecule has 6 aromatic rings. The van der Waals surface area contributed by atoms with Crippen molar-refractivity contribution in [1.29, 1.82) is 10.5 Å². The van der Waals surface area contributed by atoms with Gasteiger partial charge in [0.15, 0.2) is 11.4 Å². The zero-order valence-electron chi connectivity index (χ0n) is 21.1. The highest BCUT2D eigenvalue weighted by Gasteiger charge is 2.33. The first kappa shape index (κ1) is 22.0. The fourth-order valence-corrected chi connectivity index (χ4v) is 6.01. The molecular formula is C34H18N6. The van der Waals surface area contributed by atoms with Crippen molar-refractivity contribution in [3.05, 3.63) is 121 Å². The van der Waals surface area contributed by atoms with E-state index in [9.17, 15) is 10.5 Å². The third-order valence-electron chi connectivity index (χ3n) is 7.62. The maximum Gasteiger partial charge on any atom is 0.177 e. The molecule has 0 N–H and O–H groups in total. The number of rotatable bonds is 2. The summed E-state index contributed by atoms with van der Waals surface area (Å²) >= 11 is 0. The predicted molar refractivity (Wildman–Crippen MR) is 156 cm³/mol. The van der Waals surface area contributed by atoms with Gasteiger partial charge in [-0.15, -0.1) is 0 Å². The van der Waals surface area contributed by atoms with Crippen LogP contribution in [0.15, 0.2) is 109 Å². The Morgan fingerprint density at radius 2 is 1.00 bits per heavy atom. The average molecular weight is 511 g/mol. The van der Waals surface area contributed by atoms with E-state index in [1.165, 1.54) is 0 Å². The maximum absolute atomic E-state index is 9.58. The molecule has 2 heterocycles. The van der Waals surface area contributed by atoms with Crippen molar-refractivity contribution < 1.29 is 0 Å². The standard InChI is InChI=1S/C34H18N6/c35-19-25-26(20-36)38-34-24-17-18-27(22-11-8-12-23(32(22)24)33(34)37-25)40-30-15-6-4-13-28(30)39(21-9-2-1-3-10-21)29-14-5-7-16-31(29)40/h1-18H. The summed E-state index contributed by atoms with van der Waals surface area (Å²) in [4.78, 5) is 13.8. The molecule has 6 nitrogen and oxygen atoms in total. The lowest BCUT2D eigenvalue weighted by Gasteiger charge is -2.40. The van der Waals surface area contributed by atoms with Crippen LogP contribution in [0.3, 0.4) is 0 Å². The molecule has 0 saturated heterocycles. The highest BCUT2D eigenvalue weighted by atomic mass is 15.3. The van der Waals surface area contributed by atoms with Crippen molar-refractivity contribution in [3.8, 4) is 34.7 Å². The third kappa shape index (κ3) is 2.90. The van der Waals surface area contributed by atoms with E-state index in [1.807, 2.05) is 30.3 Å². The number of hydrogen-bond acceptors (Lipinski definition) is 6. The normalized spacial score (nSPS) is 12.3. The molecule has 0 saturated carbocycles. The molecule has 40 heavy (non-hydrogen) atoms. The Labute approximate surface area is 230 Å². The fourth-order valence-electron chi connectivity index (χ4n) is 6.01. The minimum atomic E-state index is 0.0474. The highest BCUT2D eigenvalue weighted by Crippen LogP contribution is 2.56. The van der Waals surface area contributed by atoms with E-state index in [4.69, 9.17) is 0 Å². The van der Waals surface area contributed by atoms with Gasteiger partial charge in [0.05, 0.1) is 39.8 Å². The second kappa shape index (κ2) is 8.26. The molecule has 0 amide bonds. The fraction of sp³-hybridized carbons (Fsp3) is 0. The van der Waals surface area contributed by atoms with Crippen LogP contribution in [0.5, 0.6) is 0 Å². The molecule has 0 unspecified atom stereocenters. The Morgan fingerprint density at radius 3 is 1.57 bits per heavy atom. The van der Waals surface area contributed by atoms with Crippen LogP contribution in [-0.2, 0) is 0 Å². The summed E-state index contributed by atoms with van der Waals surface area (Å²) in [6, 6.07) is 41.7. The van der Waals surface area contributed by atoms with Crippen LogP contribution in [0, 0.1) is 22.7 Å². The van der Waals surface area contributed by atoms with Gasteiger partial charge in [-0.25, -0.2) is 9.97 Å². The van der Waals surface area contributed by atoms with Gasteiger partial charge in [-0.3, -0.25) is 0 Å². The summed E-state index contributed by atoms with van der Waals surface area (Å²) in [5.41, 5.74) is 9.64. The molecule has 184 valence electrons.